The van der Waals surface area contributed by atoms with E-state index in [2.05, 4.69) is 25.5 Å². The van der Waals surface area contributed by atoms with Crippen molar-refractivity contribution in [1.29, 1.82) is 0 Å². The number of halogens is 3. The number of ether oxygens (including phenoxy) is 2. The first kappa shape index (κ1) is 29.7. The molecule has 0 spiro atoms. The van der Waals surface area contributed by atoms with E-state index < -0.39 is 41.7 Å². The number of hydrogen-bond donors (Lipinski definition) is 0. The maximum Gasteiger partial charge on any atom is 0.422 e. The summed E-state index contributed by atoms with van der Waals surface area (Å²) in [4.78, 5) is 26.1. The Morgan fingerprint density at radius 1 is 0.839 bits per heavy atom. The third-order valence-electron chi connectivity index (χ3n) is 7.45. The minimum Gasteiger partial charge on any atom is -0.458 e. The minimum atomic E-state index is -4.61. The van der Waals surface area contributed by atoms with Crippen LogP contribution in [0.25, 0.3) is 0 Å². The molecular weight excluding hydrogens is 409 g/mol. The Hall–Kier alpha value is -1.27. The minimum absolute atomic E-state index is 0.112. The molecule has 3 atom stereocenters. The highest BCUT2D eigenvalue weighted by Gasteiger charge is 2.53. The summed E-state index contributed by atoms with van der Waals surface area (Å²) in [5, 5.41) is 0. The zero-order valence-corrected chi connectivity index (χ0v) is 21.1. The van der Waals surface area contributed by atoms with E-state index >= 15 is 0 Å². The highest BCUT2D eigenvalue weighted by molar-refractivity contribution is 5.79. The van der Waals surface area contributed by atoms with E-state index in [1.165, 1.54) is 0 Å². The summed E-state index contributed by atoms with van der Waals surface area (Å²) < 4.78 is 48.1. The molecule has 7 heteroatoms. The van der Waals surface area contributed by atoms with Gasteiger partial charge in [-0.1, -0.05) is 61.8 Å². The molecule has 0 N–H and O–H groups in total. The zero-order chi connectivity index (χ0) is 24.9. The fourth-order valence-corrected chi connectivity index (χ4v) is 3.88. The van der Waals surface area contributed by atoms with E-state index in [9.17, 15) is 22.8 Å². The summed E-state index contributed by atoms with van der Waals surface area (Å²) in [7, 11) is 0. The molecule has 0 aliphatic carbocycles. The van der Waals surface area contributed by atoms with E-state index in [4.69, 9.17) is 4.74 Å². The molecule has 0 saturated heterocycles. The van der Waals surface area contributed by atoms with Crippen LogP contribution in [0.3, 0.4) is 0 Å². The van der Waals surface area contributed by atoms with Gasteiger partial charge in [-0.3, -0.25) is 9.59 Å². The van der Waals surface area contributed by atoms with Gasteiger partial charge in [0.15, 0.2) is 6.61 Å². The molecule has 0 aliphatic heterocycles. The third-order valence-corrected chi connectivity index (χ3v) is 7.45. The van der Waals surface area contributed by atoms with Crippen molar-refractivity contribution in [2.45, 2.75) is 113 Å². The monoisotopic (exact) mass is 452 g/mol. The topological polar surface area (TPSA) is 52.6 Å². The Bertz CT molecular complexity index is 612. The molecule has 0 aromatic rings. The quantitative estimate of drug-likeness (QED) is 0.296. The van der Waals surface area contributed by atoms with Gasteiger partial charge in [-0.25, -0.2) is 0 Å². The fourth-order valence-electron chi connectivity index (χ4n) is 3.88. The van der Waals surface area contributed by atoms with Gasteiger partial charge in [-0.05, 0) is 50.4 Å². The highest BCUT2D eigenvalue weighted by Crippen LogP contribution is 2.51. The van der Waals surface area contributed by atoms with Crippen LogP contribution in [0.15, 0.2) is 0 Å². The van der Waals surface area contributed by atoms with Crippen LogP contribution in [0, 0.1) is 22.2 Å². The number of rotatable bonds is 12. The van der Waals surface area contributed by atoms with Crippen LogP contribution in [0.5, 0.6) is 0 Å². The van der Waals surface area contributed by atoms with Crippen LogP contribution in [-0.4, -0.2) is 30.3 Å². The van der Waals surface area contributed by atoms with Crippen molar-refractivity contribution >= 4 is 11.9 Å². The average Bonchev–Trinajstić information content (AvgIpc) is 2.65. The van der Waals surface area contributed by atoms with Crippen LogP contribution < -0.4 is 0 Å². The second-order valence-electron chi connectivity index (χ2n) is 10.5. The standard InChI is InChI=1S/C24H43F3O4/c1-11-17(18(28)30-16-24(25,26)27)23(10,14-4)31-19(29)22(9,21(7,8)13-3)15-20(5,6)12-2/h17H,11-16H2,1-10H3. The number of hydrogen-bond acceptors (Lipinski definition) is 4. The first-order valence-corrected chi connectivity index (χ1v) is 11.3. The largest absolute Gasteiger partial charge is 0.458 e. The molecule has 3 unspecified atom stereocenters. The van der Waals surface area contributed by atoms with Crippen molar-refractivity contribution in [2.75, 3.05) is 6.61 Å². The SMILES string of the molecule is CCC(C(=O)OCC(F)(F)F)C(C)(CC)OC(=O)C(C)(CC(C)(C)CC)C(C)(C)CC. The van der Waals surface area contributed by atoms with Crippen molar-refractivity contribution in [2.24, 2.45) is 22.2 Å². The number of alkyl halides is 3. The van der Waals surface area contributed by atoms with E-state index in [1.54, 1.807) is 20.8 Å². The molecule has 4 nitrogen and oxygen atoms in total. The molecule has 0 aliphatic rings. The summed E-state index contributed by atoms with van der Waals surface area (Å²) in [5.41, 5.74) is -2.61. The van der Waals surface area contributed by atoms with Crippen LogP contribution in [0.4, 0.5) is 13.2 Å². The highest BCUT2D eigenvalue weighted by atomic mass is 19.4. The Kier molecular flexibility index (Phi) is 10.1. The van der Waals surface area contributed by atoms with Gasteiger partial charge in [0.05, 0.1) is 11.3 Å². The molecule has 0 aromatic carbocycles. The predicted molar refractivity (Wildman–Crippen MR) is 116 cm³/mol. The smallest absolute Gasteiger partial charge is 0.422 e. The second-order valence-corrected chi connectivity index (χ2v) is 10.5. The molecule has 31 heavy (non-hydrogen) atoms. The number of esters is 2. The molecular formula is C24H43F3O4. The van der Waals surface area contributed by atoms with Crippen LogP contribution >= 0.6 is 0 Å². The van der Waals surface area contributed by atoms with Gasteiger partial charge < -0.3 is 9.47 Å². The van der Waals surface area contributed by atoms with E-state index in [-0.39, 0.29) is 23.7 Å². The maximum absolute atomic E-state index is 13.6. The van der Waals surface area contributed by atoms with Crippen LogP contribution in [0.2, 0.25) is 0 Å². The van der Waals surface area contributed by atoms with Crippen LogP contribution in [-0.2, 0) is 19.1 Å². The molecule has 0 heterocycles. The van der Waals surface area contributed by atoms with Gasteiger partial charge in [0, 0.05) is 0 Å². The van der Waals surface area contributed by atoms with E-state index in [1.807, 2.05) is 27.7 Å². The second kappa shape index (κ2) is 10.6. The molecule has 0 rings (SSSR count). The summed E-state index contributed by atoms with van der Waals surface area (Å²) in [6, 6.07) is 0. The normalized spacial score (nSPS) is 18.0. The lowest BCUT2D eigenvalue weighted by Crippen LogP contribution is -2.51. The number of carbonyl (C=O) groups is 2. The van der Waals surface area contributed by atoms with Crippen LogP contribution in [0.1, 0.15) is 101 Å². The van der Waals surface area contributed by atoms with Gasteiger partial charge in [0.1, 0.15) is 5.60 Å². The lowest BCUT2D eigenvalue weighted by atomic mass is 9.58. The van der Waals surface area contributed by atoms with Crippen molar-refractivity contribution < 1.29 is 32.2 Å². The lowest BCUT2D eigenvalue weighted by Gasteiger charge is -2.48. The van der Waals surface area contributed by atoms with Crippen molar-refractivity contribution in [3.8, 4) is 0 Å². The molecule has 0 saturated carbocycles. The molecule has 0 bridgehead atoms. The van der Waals surface area contributed by atoms with Crippen molar-refractivity contribution in [3.63, 3.8) is 0 Å². The van der Waals surface area contributed by atoms with Gasteiger partial charge in [0.2, 0.25) is 0 Å². The Morgan fingerprint density at radius 2 is 1.35 bits per heavy atom. The van der Waals surface area contributed by atoms with Gasteiger partial charge in [0.25, 0.3) is 0 Å². The molecule has 0 aromatic heterocycles. The molecule has 0 amide bonds. The Labute approximate surface area is 186 Å². The van der Waals surface area contributed by atoms with E-state index in [0.717, 1.165) is 12.8 Å². The lowest BCUT2D eigenvalue weighted by molar-refractivity contribution is -0.203. The molecule has 0 radical (unpaired) electrons. The first-order chi connectivity index (χ1) is 13.8. The molecule has 184 valence electrons. The van der Waals surface area contributed by atoms with Crippen molar-refractivity contribution in [3.05, 3.63) is 0 Å². The Morgan fingerprint density at radius 3 is 1.71 bits per heavy atom. The van der Waals surface area contributed by atoms with E-state index in [0.29, 0.717) is 6.42 Å². The number of carbonyl (C=O) groups excluding carboxylic acids is 2. The maximum atomic E-state index is 13.6. The summed E-state index contributed by atoms with van der Waals surface area (Å²) in [6.45, 7) is 17.6. The Balaban J connectivity index is 5.99. The predicted octanol–water partition coefficient (Wildman–Crippen LogP) is 7.10. The summed E-state index contributed by atoms with van der Waals surface area (Å²) >= 11 is 0. The van der Waals surface area contributed by atoms with Gasteiger partial charge in [-0.2, -0.15) is 13.2 Å². The van der Waals surface area contributed by atoms with Crippen molar-refractivity contribution in [1.82, 2.24) is 0 Å². The zero-order valence-electron chi connectivity index (χ0n) is 21.1. The average molecular weight is 453 g/mol. The van der Waals surface area contributed by atoms with Gasteiger partial charge >= 0.3 is 18.1 Å². The summed E-state index contributed by atoms with van der Waals surface area (Å²) in [5.74, 6) is -2.41. The first-order valence-electron chi connectivity index (χ1n) is 11.3. The summed E-state index contributed by atoms with van der Waals surface area (Å²) in [6.07, 6.45) is -1.93. The fraction of sp³-hybridized carbons (Fsp3) is 0.917. The third kappa shape index (κ3) is 7.67. The van der Waals surface area contributed by atoms with Gasteiger partial charge in [-0.15, -0.1) is 0 Å². The molecule has 0 fully saturated rings.